The molecule has 0 amide bonds. The van der Waals surface area contributed by atoms with Crippen LogP contribution in [0.3, 0.4) is 0 Å². The van der Waals surface area contributed by atoms with E-state index in [-0.39, 0.29) is 17.4 Å². The minimum Gasteiger partial charge on any atom is -0.312 e. The van der Waals surface area contributed by atoms with Crippen molar-refractivity contribution < 1.29 is 13.2 Å². The van der Waals surface area contributed by atoms with Crippen LogP contribution in [0.4, 0.5) is 13.2 Å². The highest BCUT2D eigenvalue weighted by atomic mass is 35.5. The molecular formula is C13H17Cl2F3N2. The van der Waals surface area contributed by atoms with Crippen molar-refractivity contribution in [3.05, 3.63) is 34.3 Å². The molecule has 1 N–H and O–H groups in total. The number of nitrogens with zero attached hydrogens (tertiary/aromatic N) is 1. The molecule has 0 saturated carbocycles. The zero-order valence-corrected chi connectivity index (χ0v) is 12.6. The third-order valence-electron chi connectivity index (χ3n) is 3.20. The second-order valence-corrected chi connectivity index (χ2v) is 5.31. The number of hydrogen-bond acceptors (Lipinski definition) is 2. The van der Waals surface area contributed by atoms with Gasteiger partial charge in [-0.15, -0.1) is 12.4 Å². The lowest BCUT2D eigenvalue weighted by Gasteiger charge is -2.32. The molecule has 0 aromatic heterocycles. The highest BCUT2D eigenvalue weighted by Crippen LogP contribution is 2.35. The first kappa shape index (κ1) is 17.6. The van der Waals surface area contributed by atoms with Gasteiger partial charge in [0.05, 0.1) is 10.6 Å². The number of benzene rings is 1. The van der Waals surface area contributed by atoms with Gasteiger partial charge in [-0.3, -0.25) is 4.90 Å². The zero-order valence-electron chi connectivity index (χ0n) is 11.0. The first-order valence-electron chi connectivity index (χ1n) is 6.17. The van der Waals surface area contributed by atoms with Gasteiger partial charge in [-0.05, 0) is 24.6 Å². The van der Waals surface area contributed by atoms with E-state index < -0.39 is 11.7 Å². The minimum atomic E-state index is -4.40. The Bertz CT molecular complexity index is 452. The van der Waals surface area contributed by atoms with E-state index in [0.717, 1.165) is 25.7 Å². The van der Waals surface area contributed by atoms with Gasteiger partial charge in [-0.2, -0.15) is 13.2 Å². The monoisotopic (exact) mass is 328 g/mol. The summed E-state index contributed by atoms with van der Waals surface area (Å²) in [4.78, 5) is 2.14. The van der Waals surface area contributed by atoms with E-state index in [1.165, 1.54) is 6.07 Å². The first-order chi connectivity index (χ1) is 8.86. The molecule has 20 heavy (non-hydrogen) atoms. The maximum Gasteiger partial charge on any atom is 0.417 e. The lowest BCUT2D eigenvalue weighted by Crippen LogP contribution is -2.48. The zero-order chi connectivity index (χ0) is 14.0. The Morgan fingerprint density at radius 1 is 1.40 bits per heavy atom. The van der Waals surface area contributed by atoms with E-state index in [9.17, 15) is 13.2 Å². The predicted molar refractivity (Wildman–Crippen MR) is 76.4 cm³/mol. The molecule has 1 aliphatic heterocycles. The van der Waals surface area contributed by atoms with Crippen LogP contribution in [0.2, 0.25) is 5.02 Å². The van der Waals surface area contributed by atoms with Crippen LogP contribution >= 0.6 is 24.0 Å². The molecule has 1 atom stereocenters. The van der Waals surface area contributed by atoms with Gasteiger partial charge in [0, 0.05) is 32.2 Å². The fourth-order valence-corrected chi connectivity index (χ4v) is 2.53. The van der Waals surface area contributed by atoms with E-state index in [2.05, 4.69) is 17.1 Å². The van der Waals surface area contributed by atoms with Crippen molar-refractivity contribution in [2.45, 2.75) is 25.7 Å². The van der Waals surface area contributed by atoms with Crippen LogP contribution in [0.25, 0.3) is 0 Å². The van der Waals surface area contributed by atoms with Crippen molar-refractivity contribution in [2.24, 2.45) is 0 Å². The molecule has 2 nitrogen and oxygen atoms in total. The summed E-state index contributed by atoms with van der Waals surface area (Å²) in [7, 11) is 0. The summed E-state index contributed by atoms with van der Waals surface area (Å²) in [5.74, 6) is 0. The summed E-state index contributed by atoms with van der Waals surface area (Å²) in [6.07, 6.45) is -4.40. The first-order valence-corrected chi connectivity index (χ1v) is 6.55. The van der Waals surface area contributed by atoms with Gasteiger partial charge in [-0.25, -0.2) is 0 Å². The molecule has 1 saturated heterocycles. The number of alkyl halides is 3. The molecule has 114 valence electrons. The van der Waals surface area contributed by atoms with E-state index in [1.807, 2.05) is 0 Å². The molecule has 1 heterocycles. The Morgan fingerprint density at radius 2 is 2.10 bits per heavy atom. The fourth-order valence-electron chi connectivity index (χ4n) is 2.30. The SMILES string of the molecule is C[C@@H]1CN(Cc2ccc(Cl)c(C(F)(F)F)c2)CCN1.Cl. The highest BCUT2D eigenvalue weighted by Gasteiger charge is 2.33. The topological polar surface area (TPSA) is 15.3 Å². The number of nitrogens with one attached hydrogen (secondary N) is 1. The lowest BCUT2D eigenvalue weighted by atomic mass is 10.1. The van der Waals surface area contributed by atoms with Crippen molar-refractivity contribution in [3.63, 3.8) is 0 Å². The van der Waals surface area contributed by atoms with Crippen molar-refractivity contribution in [3.8, 4) is 0 Å². The van der Waals surface area contributed by atoms with E-state index in [1.54, 1.807) is 6.07 Å². The second-order valence-electron chi connectivity index (χ2n) is 4.90. The maximum atomic E-state index is 12.8. The molecule has 0 unspecified atom stereocenters. The smallest absolute Gasteiger partial charge is 0.312 e. The van der Waals surface area contributed by atoms with Crippen LogP contribution < -0.4 is 5.32 Å². The van der Waals surface area contributed by atoms with Crippen molar-refractivity contribution in [2.75, 3.05) is 19.6 Å². The summed E-state index contributed by atoms with van der Waals surface area (Å²) < 4.78 is 38.3. The molecule has 0 bridgehead atoms. The molecule has 1 aromatic carbocycles. The normalized spacial score (nSPS) is 20.6. The third kappa shape index (κ3) is 4.52. The average molecular weight is 329 g/mol. The van der Waals surface area contributed by atoms with Crippen LogP contribution in [-0.2, 0) is 12.7 Å². The Kier molecular flexibility index (Phi) is 6.13. The average Bonchev–Trinajstić information content (AvgIpc) is 2.30. The van der Waals surface area contributed by atoms with E-state index >= 15 is 0 Å². The standard InChI is InChI=1S/C13H16ClF3N2.ClH/c1-9-7-19(5-4-18-9)8-10-2-3-12(14)11(6-10)13(15,16)17;/h2-3,6,9,18H,4-5,7-8H2,1H3;1H/t9-;/m1./s1. The Balaban J connectivity index is 0.00000200. The summed E-state index contributed by atoms with van der Waals surface area (Å²) in [6.45, 7) is 5.13. The molecular weight excluding hydrogens is 312 g/mol. The Labute approximate surface area is 127 Å². The van der Waals surface area contributed by atoms with Crippen LogP contribution in [-0.4, -0.2) is 30.6 Å². The molecule has 1 aromatic rings. The number of halogens is 5. The van der Waals surface area contributed by atoms with E-state index in [0.29, 0.717) is 18.2 Å². The van der Waals surface area contributed by atoms with Crippen LogP contribution in [0.1, 0.15) is 18.1 Å². The third-order valence-corrected chi connectivity index (χ3v) is 3.52. The Morgan fingerprint density at radius 3 is 2.70 bits per heavy atom. The molecule has 1 fully saturated rings. The van der Waals surface area contributed by atoms with Gasteiger partial charge in [0.1, 0.15) is 0 Å². The fraction of sp³-hybridized carbons (Fsp3) is 0.538. The van der Waals surface area contributed by atoms with Gasteiger partial charge < -0.3 is 5.32 Å². The lowest BCUT2D eigenvalue weighted by molar-refractivity contribution is -0.137. The number of rotatable bonds is 2. The van der Waals surface area contributed by atoms with Crippen LogP contribution in [0.5, 0.6) is 0 Å². The summed E-state index contributed by atoms with van der Waals surface area (Å²) in [5.41, 5.74) is -0.110. The van der Waals surface area contributed by atoms with Gasteiger partial charge in [0.25, 0.3) is 0 Å². The van der Waals surface area contributed by atoms with Crippen molar-refractivity contribution in [1.29, 1.82) is 0 Å². The minimum absolute atomic E-state index is 0. The molecule has 7 heteroatoms. The molecule has 0 aliphatic carbocycles. The molecule has 0 spiro atoms. The molecule has 2 rings (SSSR count). The Hall–Kier alpha value is -0.490. The predicted octanol–water partition coefficient (Wildman–Crippen LogP) is 3.57. The second kappa shape index (κ2) is 6.98. The summed E-state index contributed by atoms with van der Waals surface area (Å²) in [5, 5.41) is 3.05. The molecule has 0 radical (unpaired) electrons. The number of piperazine rings is 1. The largest absolute Gasteiger partial charge is 0.417 e. The van der Waals surface area contributed by atoms with Gasteiger partial charge in [0.2, 0.25) is 0 Å². The quantitative estimate of drug-likeness (QED) is 0.892. The van der Waals surface area contributed by atoms with Crippen LogP contribution in [0, 0.1) is 0 Å². The van der Waals surface area contributed by atoms with Crippen LogP contribution in [0.15, 0.2) is 18.2 Å². The maximum absolute atomic E-state index is 12.8. The van der Waals surface area contributed by atoms with E-state index in [4.69, 9.17) is 11.6 Å². The summed E-state index contributed by atoms with van der Waals surface area (Å²) >= 11 is 5.60. The van der Waals surface area contributed by atoms with Gasteiger partial charge >= 0.3 is 6.18 Å². The van der Waals surface area contributed by atoms with Gasteiger partial charge in [-0.1, -0.05) is 17.7 Å². The summed E-state index contributed by atoms with van der Waals surface area (Å²) in [6, 6.07) is 4.49. The highest BCUT2D eigenvalue weighted by molar-refractivity contribution is 6.31. The van der Waals surface area contributed by atoms with Crippen molar-refractivity contribution >= 4 is 24.0 Å². The van der Waals surface area contributed by atoms with Crippen molar-refractivity contribution in [1.82, 2.24) is 10.2 Å². The molecule has 1 aliphatic rings. The van der Waals surface area contributed by atoms with Gasteiger partial charge in [0.15, 0.2) is 0 Å². The number of hydrogen-bond donors (Lipinski definition) is 1.